The number of rotatable bonds is 5. The number of carbonyl (C=O) groups is 2. The van der Waals surface area contributed by atoms with Crippen molar-refractivity contribution in [2.24, 2.45) is 0 Å². The van der Waals surface area contributed by atoms with Crippen LogP contribution in [-0.4, -0.2) is 23.5 Å². The van der Waals surface area contributed by atoms with E-state index in [1.54, 1.807) is 26.0 Å². The zero-order chi connectivity index (χ0) is 23.5. The fourth-order valence-electron chi connectivity index (χ4n) is 3.47. The highest BCUT2D eigenvalue weighted by Gasteiger charge is 2.23. The predicted octanol–water partition coefficient (Wildman–Crippen LogP) is 6.23. The number of hydrogen-bond acceptors (Lipinski definition) is 6. The average Bonchev–Trinajstić information content (AvgIpc) is 3.13. The van der Waals surface area contributed by atoms with E-state index in [0.29, 0.717) is 48.2 Å². The molecule has 2 heterocycles. The van der Waals surface area contributed by atoms with Crippen molar-refractivity contribution in [1.82, 2.24) is 4.98 Å². The number of hydrogen-bond donors (Lipinski definition) is 1. The van der Waals surface area contributed by atoms with Gasteiger partial charge in [0.05, 0.1) is 28.9 Å². The smallest absolute Gasteiger partial charge is 0.348 e. The molecule has 0 atom stereocenters. The molecule has 2 aromatic heterocycles. The number of nitrogens with one attached hydrogen (secondary N) is 1. The minimum absolute atomic E-state index is 0.216. The molecule has 4 aromatic rings. The van der Waals surface area contributed by atoms with Crippen LogP contribution in [0.2, 0.25) is 5.02 Å². The number of fused-ring (bicyclic) bond motifs is 1. The largest absolute Gasteiger partial charge is 0.462 e. The fraction of sp³-hybridized carbons (Fsp3) is 0.120. The van der Waals surface area contributed by atoms with Gasteiger partial charge in [0.2, 0.25) is 0 Å². The molecule has 0 fully saturated rings. The van der Waals surface area contributed by atoms with Gasteiger partial charge in [-0.25, -0.2) is 9.78 Å². The Morgan fingerprint density at radius 2 is 1.91 bits per heavy atom. The van der Waals surface area contributed by atoms with E-state index in [1.165, 1.54) is 0 Å². The Bertz CT molecular complexity index is 1440. The summed E-state index contributed by atoms with van der Waals surface area (Å²) in [5.74, 6) is -0.942. The second-order valence-corrected chi connectivity index (χ2v) is 8.53. The number of thiophene rings is 1. The van der Waals surface area contributed by atoms with Crippen LogP contribution in [0.1, 0.15) is 38.1 Å². The second-order valence-electron chi connectivity index (χ2n) is 7.10. The molecule has 164 valence electrons. The van der Waals surface area contributed by atoms with Gasteiger partial charge in [-0.05, 0) is 37.6 Å². The van der Waals surface area contributed by atoms with Crippen LogP contribution in [0.3, 0.4) is 0 Å². The van der Waals surface area contributed by atoms with E-state index in [9.17, 15) is 14.9 Å². The number of nitrogens with zero attached hydrogens (tertiary/aromatic N) is 2. The van der Waals surface area contributed by atoms with Gasteiger partial charge >= 0.3 is 5.97 Å². The van der Waals surface area contributed by atoms with Crippen LogP contribution in [0.25, 0.3) is 22.2 Å². The van der Waals surface area contributed by atoms with Crippen molar-refractivity contribution in [1.29, 1.82) is 5.26 Å². The molecule has 0 bridgehead atoms. The van der Waals surface area contributed by atoms with Crippen molar-refractivity contribution in [3.8, 4) is 17.3 Å². The summed E-state index contributed by atoms with van der Waals surface area (Å²) < 4.78 is 5.07. The highest BCUT2D eigenvalue weighted by Crippen LogP contribution is 2.35. The van der Waals surface area contributed by atoms with E-state index in [4.69, 9.17) is 16.3 Å². The third-order valence-electron chi connectivity index (χ3n) is 5.06. The molecule has 0 aliphatic heterocycles. The van der Waals surface area contributed by atoms with Gasteiger partial charge in [-0.3, -0.25) is 4.79 Å². The lowest BCUT2D eigenvalue weighted by Gasteiger charge is -2.11. The maximum Gasteiger partial charge on any atom is 0.348 e. The normalized spacial score (nSPS) is 10.6. The summed E-state index contributed by atoms with van der Waals surface area (Å²) in [6, 6.07) is 18.3. The number of pyridine rings is 1. The van der Waals surface area contributed by atoms with Crippen LogP contribution < -0.4 is 5.32 Å². The maximum absolute atomic E-state index is 13.4. The van der Waals surface area contributed by atoms with Crippen LogP contribution in [0.5, 0.6) is 0 Å². The number of amides is 1. The molecule has 1 N–H and O–H groups in total. The van der Waals surface area contributed by atoms with Gasteiger partial charge in [-0.15, -0.1) is 11.3 Å². The van der Waals surface area contributed by atoms with Crippen molar-refractivity contribution in [3.05, 3.63) is 81.2 Å². The molecule has 6 nitrogen and oxygen atoms in total. The summed E-state index contributed by atoms with van der Waals surface area (Å²) in [5, 5.41) is 13.9. The SMILES string of the molecule is CCOC(=O)c1sc(NC(=O)c2cc(-c3ccccc3Cl)nc3ccccc23)c(C#N)c1C. The summed E-state index contributed by atoms with van der Waals surface area (Å²) in [4.78, 5) is 30.6. The van der Waals surface area contributed by atoms with E-state index < -0.39 is 11.9 Å². The summed E-state index contributed by atoms with van der Waals surface area (Å²) in [7, 11) is 0. The Hall–Kier alpha value is -3.73. The van der Waals surface area contributed by atoms with Crippen molar-refractivity contribution < 1.29 is 14.3 Å². The number of halogens is 1. The Morgan fingerprint density at radius 3 is 2.64 bits per heavy atom. The Morgan fingerprint density at radius 1 is 1.18 bits per heavy atom. The number of nitriles is 1. The minimum Gasteiger partial charge on any atom is -0.462 e. The van der Waals surface area contributed by atoms with Crippen LogP contribution >= 0.6 is 22.9 Å². The van der Waals surface area contributed by atoms with Crippen LogP contribution in [0.15, 0.2) is 54.6 Å². The zero-order valence-corrected chi connectivity index (χ0v) is 19.4. The van der Waals surface area contributed by atoms with Crippen molar-refractivity contribution >= 4 is 50.7 Å². The molecule has 0 radical (unpaired) electrons. The lowest BCUT2D eigenvalue weighted by atomic mass is 10.0. The molecule has 0 spiro atoms. The first-order chi connectivity index (χ1) is 15.9. The van der Waals surface area contributed by atoms with Gasteiger partial charge in [0, 0.05) is 16.0 Å². The maximum atomic E-state index is 13.4. The lowest BCUT2D eigenvalue weighted by Crippen LogP contribution is -2.13. The third kappa shape index (κ3) is 4.31. The molecule has 2 aromatic carbocycles. The van der Waals surface area contributed by atoms with E-state index in [0.717, 1.165) is 11.3 Å². The van der Waals surface area contributed by atoms with E-state index in [-0.39, 0.29) is 12.2 Å². The number of anilines is 1. The molecule has 1 amide bonds. The topological polar surface area (TPSA) is 92.1 Å². The lowest BCUT2D eigenvalue weighted by molar-refractivity contribution is 0.0531. The first-order valence-electron chi connectivity index (χ1n) is 10.1. The molecular formula is C25H18ClN3O3S. The van der Waals surface area contributed by atoms with Gasteiger partial charge in [0.25, 0.3) is 5.91 Å². The number of aromatic nitrogens is 1. The molecular weight excluding hydrogens is 458 g/mol. The van der Waals surface area contributed by atoms with Crippen molar-refractivity contribution in [2.75, 3.05) is 11.9 Å². The summed E-state index contributed by atoms with van der Waals surface area (Å²) in [5.41, 5.74) is 2.99. The molecule has 8 heteroatoms. The molecule has 0 aliphatic carbocycles. The van der Waals surface area contributed by atoms with Gasteiger partial charge in [0.15, 0.2) is 0 Å². The number of esters is 1. The molecule has 0 unspecified atom stereocenters. The second kappa shape index (κ2) is 9.41. The first-order valence-corrected chi connectivity index (χ1v) is 11.3. The van der Waals surface area contributed by atoms with Crippen LogP contribution in [-0.2, 0) is 4.74 Å². The standard InChI is InChI=1S/C25H18ClN3O3S/c1-3-32-25(31)22-14(2)18(13-27)24(33-22)29-23(30)17-12-21(16-9-4-6-10-19(16)26)28-20-11-7-5-8-15(17)20/h4-12H,3H2,1-2H3,(H,29,30). The number of carbonyl (C=O) groups excluding carboxylic acids is 2. The molecule has 0 aliphatic rings. The predicted molar refractivity (Wildman–Crippen MR) is 130 cm³/mol. The summed E-state index contributed by atoms with van der Waals surface area (Å²) >= 11 is 7.39. The molecule has 0 saturated carbocycles. The summed E-state index contributed by atoms with van der Waals surface area (Å²) in [6.45, 7) is 3.59. The minimum atomic E-state index is -0.521. The number of para-hydroxylation sites is 1. The van der Waals surface area contributed by atoms with Crippen molar-refractivity contribution in [3.63, 3.8) is 0 Å². The highest BCUT2D eigenvalue weighted by atomic mass is 35.5. The average molecular weight is 476 g/mol. The van der Waals surface area contributed by atoms with Gasteiger partial charge in [-0.1, -0.05) is 48.0 Å². The van der Waals surface area contributed by atoms with Crippen molar-refractivity contribution in [2.45, 2.75) is 13.8 Å². The molecule has 4 rings (SSSR count). The fourth-order valence-corrected chi connectivity index (χ4v) is 4.75. The first kappa shape index (κ1) is 22.5. The van der Waals surface area contributed by atoms with Crippen LogP contribution in [0.4, 0.5) is 5.00 Å². The molecule has 0 saturated heterocycles. The van der Waals surface area contributed by atoms with E-state index in [2.05, 4.69) is 16.4 Å². The number of benzene rings is 2. The Balaban J connectivity index is 1.80. The van der Waals surface area contributed by atoms with Gasteiger partial charge in [-0.2, -0.15) is 5.26 Å². The monoisotopic (exact) mass is 475 g/mol. The van der Waals surface area contributed by atoms with Crippen LogP contribution in [0, 0.1) is 18.3 Å². The van der Waals surface area contributed by atoms with E-state index >= 15 is 0 Å². The zero-order valence-electron chi connectivity index (χ0n) is 17.8. The Labute approximate surface area is 199 Å². The molecule has 33 heavy (non-hydrogen) atoms. The highest BCUT2D eigenvalue weighted by molar-refractivity contribution is 7.18. The summed E-state index contributed by atoms with van der Waals surface area (Å²) in [6.07, 6.45) is 0. The van der Waals surface area contributed by atoms with Gasteiger partial charge in [0.1, 0.15) is 15.9 Å². The third-order valence-corrected chi connectivity index (χ3v) is 6.57. The number of ether oxygens (including phenoxy) is 1. The quantitative estimate of drug-likeness (QED) is 0.345. The Kier molecular flexibility index (Phi) is 6.40. The van der Waals surface area contributed by atoms with E-state index in [1.807, 2.05) is 42.5 Å². The van der Waals surface area contributed by atoms with Gasteiger partial charge < -0.3 is 10.1 Å².